The molecule has 2 amide bonds. The van der Waals surface area contributed by atoms with Crippen LogP contribution in [0.1, 0.15) is 39.0 Å². The fraction of sp³-hybridized carbons (Fsp3) is 0.625. The number of hydrogen-bond donors (Lipinski definition) is 2. The highest BCUT2D eigenvalue weighted by molar-refractivity contribution is 5.91. The molecule has 1 aromatic rings. The van der Waals surface area contributed by atoms with Gasteiger partial charge in [-0.3, -0.25) is 15.1 Å². The van der Waals surface area contributed by atoms with Gasteiger partial charge in [-0.25, -0.2) is 4.79 Å². The molecule has 0 radical (unpaired) electrons. The van der Waals surface area contributed by atoms with Crippen LogP contribution in [0.3, 0.4) is 0 Å². The van der Waals surface area contributed by atoms with Gasteiger partial charge in [-0.2, -0.15) is 0 Å². The Bertz CT molecular complexity index is 561. The highest BCUT2D eigenvalue weighted by atomic mass is 16.6. The molecule has 8 heteroatoms. The second kappa shape index (κ2) is 9.17. The highest BCUT2D eigenvalue weighted by Gasteiger charge is 2.25. The predicted octanol–water partition coefficient (Wildman–Crippen LogP) is 3.10. The van der Waals surface area contributed by atoms with Crippen molar-refractivity contribution in [3.05, 3.63) is 28.6 Å². The fourth-order valence-corrected chi connectivity index (χ4v) is 3.13. The third-order valence-electron chi connectivity index (χ3n) is 4.27. The van der Waals surface area contributed by atoms with Gasteiger partial charge in [0.15, 0.2) is 0 Å². The Labute approximate surface area is 141 Å². The largest absolute Gasteiger partial charge is 0.378 e. The van der Waals surface area contributed by atoms with Gasteiger partial charge in [-0.15, -0.1) is 0 Å². The molecule has 1 fully saturated rings. The lowest BCUT2D eigenvalue weighted by molar-refractivity contribution is -0.384. The van der Waals surface area contributed by atoms with E-state index in [4.69, 9.17) is 4.74 Å². The third kappa shape index (κ3) is 5.16. The first-order valence-electron chi connectivity index (χ1n) is 8.36. The molecular formula is C16H24N4O4. The molecule has 1 heterocycles. The van der Waals surface area contributed by atoms with E-state index in [1.165, 1.54) is 37.9 Å². The Hall–Kier alpha value is -2.22. The number of pyridine rings is 1. The van der Waals surface area contributed by atoms with Gasteiger partial charge in [0.1, 0.15) is 11.9 Å². The Kier molecular flexibility index (Phi) is 6.92. The monoisotopic (exact) mass is 336 g/mol. The van der Waals surface area contributed by atoms with E-state index in [2.05, 4.69) is 15.6 Å². The lowest BCUT2D eigenvalue weighted by Crippen LogP contribution is -2.33. The SMILES string of the molecule is CCOC(CCNC(=O)Nc1ccncc1[N+](=O)[O-])C1CCCC1. The number of hydrogen-bond acceptors (Lipinski definition) is 5. The van der Waals surface area contributed by atoms with Gasteiger partial charge in [0.2, 0.25) is 0 Å². The van der Waals surface area contributed by atoms with E-state index in [9.17, 15) is 14.9 Å². The average molecular weight is 336 g/mol. The third-order valence-corrected chi connectivity index (χ3v) is 4.27. The van der Waals surface area contributed by atoms with Gasteiger partial charge < -0.3 is 15.4 Å². The van der Waals surface area contributed by atoms with Crippen LogP contribution in [0.2, 0.25) is 0 Å². The maximum absolute atomic E-state index is 11.9. The van der Waals surface area contributed by atoms with E-state index in [0.717, 1.165) is 12.6 Å². The number of ether oxygens (including phenoxy) is 1. The Morgan fingerprint density at radius 1 is 1.50 bits per heavy atom. The summed E-state index contributed by atoms with van der Waals surface area (Å²) in [6.07, 6.45) is 8.26. The summed E-state index contributed by atoms with van der Waals surface area (Å²) in [7, 11) is 0. The first kappa shape index (κ1) is 18.1. The van der Waals surface area contributed by atoms with E-state index < -0.39 is 11.0 Å². The van der Waals surface area contributed by atoms with Crippen LogP contribution in [0.25, 0.3) is 0 Å². The molecule has 2 N–H and O–H groups in total. The van der Waals surface area contributed by atoms with E-state index in [-0.39, 0.29) is 17.5 Å². The molecule has 2 rings (SSSR count). The Morgan fingerprint density at radius 3 is 2.92 bits per heavy atom. The van der Waals surface area contributed by atoms with Crippen LogP contribution in [0.5, 0.6) is 0 Å². The van der Waals surface area contributed by atoms with Crippen molar-refractivity contribution >= 4 is 17.4 Å². The summed E-state index contributed by atoms with van der Waals surface area (Å²) in [4.78, 5) is 26.0. The summed E-state index contributed by atoms with van der Waals surface area (Å²) in [5.41, 5.74) is -0.101. The number of nitro groups is 1. The van der Waals surface area contributed by atoms with Gasteiger partial charge in [-0.05, 0) is 38.2 Å². The zero-order valence-corrected chi connectivity index (χ0v) is 13.9. The molecule has 1 aromatic heterocycles. The van der Waals surface area contributed by atoms with Crippen molar-refractivity contribution in [3.8, 4) is 0 Å². The van der Waals surface area contributed by atoms with Crippen LogP contribution >= 0.6 is 0 Å². The first-order valence-corrected chi connectivity index (χ1v) is 8.36. The van der Waals surface area contributed by atoms with Crippen LogP contribution in [0.15, 0.2) is 18.5 Å². The van der Waals surface area contributed by atoms with Crippen LogP contribution < -0.4 is 10.6 Å². The number of amides is 2. The molecule has 1 aliphatic carbocycles. The van der Waals surface area contributed by atoms with Crippen molar-refractivity contribution < 1.29 is 14.5 Å². The second-order valence-corrected chi connectivity index (χ2v) is 5.86. The molecule has 1 saturated carbocycles. The zero-order chi connectivity index (χ0) is 17.4. The lowest BCUT2D eigenvalue weighted by atomic mass is 9.98. The normalized spacial score (nSPS) is 15.9. The fourth-order valence-electron chi connectivity index (χ4n) is 3.13. The maximum atomic E-state index is 11.9. The summed E-state index contributed by atoms with van der Waals surface area (Å²) in [5.74, 6) is 0.566. The van der Waals surface area contributed by atoms with E-state index >= 15 is 0 Å². The molecule has 1 aliphatic rings. The van der Waals surface area contributed by atoms with Gasteiger partial charge in [0, 0.05) is 19.3 Å². The van der Waals surface area contributed by atoms with Crippen LogP contribution in [-0.2, 0) is 4.74 Å². The maximum Gasteiger partial charge on any atom is 0.319 e. The number of aromatic nitrogens is 1. The van der Waals surface area contributed by atoms with Crippen LogP contribution in [0.4, 0.5) is 16.2 Å². The molecule has 1 unspecified atom stereocenters. The van der Waals surface area contributed by atoms with Gasteiger partial charge in [-0.1, -0.05) is 12.8 Å². The number of carbonyl (C=O) groups is 1. The highest BCUT2D eigenvalue weighted by Crippen LogP contribution is 2.30. The van der Waals surface area contributed by atoms with Gasteiger partial charge >= 0.3 is 11.7 Å². The molecule has 0 saturated heterocycles. The minimum Gasteiger partial charge on any atom is -0.378 e. The molecule has 0 aliphatic heterocycles. The van der Waals surface area contributed by atoms with Gasteiger partial charge in [0.25, 0.3) is 0 Å². The van der Waals surface area contributed by atoms with Crippen molar-refractivity contribution in [3.63, 3.8) is 0 Å². The Morgan fingerprint density at radius 2 is 2.25 bits per heavy atom. The Balaban J connectivity index is 1.81. The topological polar surface area (TPSA) is 106 Å². The molecular weight excluding hydrogens is 312 g/mol. The molecule has 1 atom stereocenters. The number of rotatable bonds is 8. The summed E-state index contributed by atoms with van der Waals surface area (Å²) in [5, 5.41) is 16.1. The number of carbonyl (C=O) groups excluding carboxylic acids is 1. The first-order chi connectivity index (χ1) is 11.6. The molecule has 0 spiro atoms. The predicted molar refractivity (Wildman–Crippen MR) is 89.9 cm³/mol. The van der Waals surface area contributed by atoms with E-state index in [1.54, 1.807) is 0 Å². The number of nitrogens with zero attached hydrogens (tertiary/aromatic N) is 2. The van der Waals surface area contributed by atoms with E-state index in [1.807, 2.05) is 6.92 Å². The van der Waals surface area contributed by atoms with Crippen molar-refractivity contribution in [2.24, 2.45) is 5.92 Å². The number of urea groups is 1. The summed E-state index contributed by atoms with van der Waals surface area (Å²) < 4.78 is 5.81. The van der Waals surface area contributed by atoms with Crippen molar-refractivity contribution in [1.29, 1.82) is 0 Å². The van der Waals surface area contributed by atoms with Crippen LogP contribution in [0, 0.1) is 16.0 Å². The quantitative estimate of drug-likeness (QED) is 0.560. The minimum absolute atomic E-state index is 0.129. The number of anilines is 1. The molecule has 8 nitrogen and oxygen atoms in total. The molecule has 132 valence electrons. The van der Waals surface area contributed by atoms with E-state index in [0.29, 0.717) is 19.1 Å². The van der Waals surface area contributed by atoms with Crippen molar-refractivity contribution in [2.45, 2.75) is 45.1 Å². The van der Waals surface area contributed by atoms with Gasteiger partial charge in [0.05, 0.1) is 11.0 Å². The summed E-state index contributed by atoms with van der Waals surface area (Å²) >= 11 is 0. The smallest absolute Gasteiger partial charge is 0.319 e. The molecule has 0 bridgehead atoms. The number of nitrogens with one attached hydrogen (secondary N) is 2. The standard InChI is InChI=1S/C16H24N4O4/c1-2-24-15(12-5-3-4-6-12)8-10-18-16(21)19-13-7-9-17-11-14(13)20(22)23/h7,9,11-12,15H,2-6,8,10H2,1H3,(H2,17,18,19,21). The molecule has 24 heavy (non-hydrogen) atoms. The minimum atomic E-state index is -0.576. The summed E-state index contributed by atoms with van der Waals surface area (Å²) in [6, 6.07) is 0.935. The summed E-state index contributed by atoms with van der Waals surface area (Å²) in [6.45, 7) is 3.10. The average Bonchev–Trinajstić information content (AvgIpc) is 3.08. The van der Waals surface area contributed by atoms with Crippen molar-refractivity contribution in [1.82, 2.24) is 10.3 Å². The second-order valence-electron chi connectivity index (χ2n) is 5.86. The zero-order valence-electron chi connectivity index (χ0n) is 13.9. The van der Waals surface area contributed by atoms with Crippen molar-refractivity contribution in [2.75, 3.05) is 18.5 Å². The van der Waals surface area contributed by atoms with Crippen LogP contribution in [-0.4, -0.2) is 35.2 Å². The molecule has 0 aromatic carbocycles. The lowest BCUT2D eigenvalue weighted by Gasteiger charge is -2.23.